The molecule has 2 amide bonds. The van der Waals surface area contributed by atoms with Gasteiger partial charge >= 0.3 is 0 Å². The number of sulfonamides is 1. The van der Waals surface area contributed by atoms with Crippen molar-refractivity contribution < 1.29 is 18.0 Å². The molecule has 0 spiro atoms. The number of carbonyl (C=O) groups is 2. The van der Waals surface area contributed by atoms with Gasteiger partial charge in [0.15, 0.2) is 0 Å². The van der Waals surface area contributed by atoms with Crippen molar-refractivity contribution >= 4 is 44.5 Å². The van der Waals surface area contributed by atoms with E-state index in [9.17, 15) is 18.0 Å². The Morgan fingerprint density at radius 1 is 1.03 bits per heavy atom. The molecule has 7 nitrogen and oxygen atoms in total. The Balaban J connectivity index is 1.39. The minimum atomic E-state index is -3.75. The number of amides is 2. The summed E-state index contributed by atoms with van der Waals surface area (Å²) in [5.74, 6) is -0.590. The van der Waals surface area contributed by atoms with E-state index in [0.717, 1.165) is 29.0 Å². The van der Waals surface area contributed by atoms with Gasteiger partial charge in [-0.2, -0.15) is 4.72 Å². The molecule has 0 fully saturated rings. The Kier molecular flexibility index (Phi) is 5.90. The van der Waals surface area contributed by atoms with Crippen LogP contribution in [0, 0.1) is 0 Å². The van der Waals surface area contributed by atoms with Gasteiger partial charge in [0.05, 0.1) is 6.04 Å². The van der Waals surface area contributed by atoms with Gasteiger partial charge in [-0.25, -0.2) is 8.42 Å². The highest BCUT2D eigenvalue weighted by molar-refractivity contribution is 7.91. The molecule has 0 bridgehead atoms. The first kappa shape index (κ1) is 21.2. The molecule has 2 heterocycles. The summed E-state index contributed by atoms with van der Waals surface area (Å²) in [4.78, 5) is 27.1. The van der Waals surface area contributed by atoms with Crippen LogP contribution in [0.4, 0.5) is 11.4 Å². The molecule has 2 aromatic carbocycles. The standard InChI is InChI=1S/C22H21N3O4S2/c1-15(24-31(28,29)20-7-4-14-30-20)21(26)23-18-10-8-17(9-11-18)22(27)25-13-12-16-5-2-3-6-19(16)25/h2-11,14-15,24H,12-13H2,1H3,(H,23,26). The van der Waals surface area contributed by atoms with Crippen molar-refractivity contribution in [1.29, 1.82) is 0 Å². The second-order valence-electron chi connectivity index (χ2n) is 7.18. The maximum atomic E-state index is 12.9. The molecule has 0 radical (unpaired) electrons. The van der Waals surface area contributed by atoms with Gasteiger partial charge < -0.3 is 10.2 Å². The van der Waals surface area contributed by atoms with Crippen LogP contribution < -0.4 is 14.9 Å². The topological polar surface area (TPSA) is 95.6 Å². The van der Waals surface area contributed by atoms with Crippen molar-refractivity contribution in [3.8, 4) is 0 Å². The highest BCUT2D eigenvalue weighted by atomic mass is 32.2. The summed E-state index contributed by atoms with van der Waals surface area (Å²) in [5.41, 5.74) is 3.07. The van der Waals surface area contributed by atoms with Crippen molar-refractivity contribution in [3.63, 3.8) is 0 Å². The molecule has 0 saturated carbocycles. The maximum absolute atomic E-state index is 12.9. The fourth-order valence-electron chi connectivity index (χ4n) is 3.41. The van der Waals surface area contributed by atoms with Crippen molar-refractivity contribution in [1.82, 2.24) is 4.72 Å². The van der Waals surface area contributed by atoms with Gasteiger partial charge in [0.25, 0.3) is 15.9 Å². The van der Waals surface area contributed by atoms with Gasteiger partial charge in [0, 0.05) is 23.5 Å². The monoisotopic (exact) mass is 455 g/mol. The summed E-state index contributed by atoms with van der Waals surface area (Å²) < 4.78 is 27.1. The van der Waals surface area contributed by atoms with Crippen LogP contribution in [-0.2, 0) is 21.2 Å². The maximum Gasteiger partial charge on any atom is 0.258 e. The number of carbonyl (C=O) groups excluding carboxylic acids is 2. The quantitative estimate of drug-likeness (QED) is 0.596. The van der Waals surface area contributed by atoms with Gasteiger partial charge in [0.1, 0.15) is 4.21 Å². The average molecular weight is 456 g/mol. The van der Waals surface area contributed by atoms with E-state index in [1.165, 1.54) is 13.0 Å². The van der Waals surface area contributed by atoms with Gasteiger partial charge in [-0.15, -0.1) is 11.3 Å². The summed E-state index contributed by atoms with van der Waals surface area (Å²) in [5, 5.41) is 4.33. The van der Waals surface area contributed by atoms with Gasteiger partial charge in [0.2, 0.25) is 5.91 Å². The van der Waals surface area contributed by atoms with Gasteiger partial charge in [-0.3, -0.25) is 9.59 Å². The first-order chi connectivity index (χ1) is 14.8. The normalized spacial score (nSPS) is 14.2. The van der Waals surface area contributed by atoms with Crippen molar-refractivity contribution in [2.45, 2.75) is 23.6 Å². The number of nitrogens with zero attached hydrogens (tertiary/aromatic N) is 1. The number of hydrogen-bond donors (Lipinski definition) is 2. The van der Waals surface area contributed by atoms with Crippen molar-refractivity contribution in [2.75, 3.05) is 16.8 Å². The smallest absolute Gasteiger partial charge is 0.258 e. The highest BCUT2D eigenvalue weighted by Crippen LogP contribution is 2.29. The Morgan fingerprint density at radius 3 is 2.48 bits per heavy atom. The lowest BCUT2D eigenvalue weighted by Crippen LogP contribution is -2.41. The second-order valence-corrected chi connectivity index (χ2v) is 10.1. The van der Waals surface area contributed by atoms with E-state index in [1.807, 2.05) is 24.3 Å². The Labute approximate surface area is 184 Å². The van der Waals surface area contributed by atoms with Crippen LogP contribution in [-0.4, -0.2) is 32.8 Å². The molecule has 1 atom stereocenters. The van der Waals surface area contributed by atoms with E-state index in [2.05, 4.69) is 10.0 Å². The molecular formula is C22H21N3O4S2. The minimum Gasteiger partial charge on any atom is -0.325 e. The third-order valence-corrected chi connectivity index (χ3v) is 7.96. The lowest BCUT2D eigenvalue weighted by molar-refractivity contribution is -0.117. The van der Waals surface area contributed by atoms with Crippen molar-refractivity contribution in [3.05, 3.63) is 77.2 Å². The second kappa shape index (κ2) is 8.62. The number of para-hydroxylation sites is 1. The third-order valence-electron chi connectivity index (χ3n) is 5.02. The van der Waals surface area contributed by atoms with Crippen LogP contribution in [0.1, 0.15) is 22.8 Å². The van der Waals surface area contributed by atoms with Crippen LogP contribution >= 0.6 is 11.3 Å². The molecular weight excluding hydrogens is 434 g/mol. The molecule has 1 unspecified atom stereocenters. The van der Waals surface area contributed by atoms with E-state index < -0.39 is 22.0 Å². The predicted octanol–water partition coefficient (Wildman–Crippen LogP) is 3.26. The van der Waals surface area contributed by atoms with Crippen LogP contribution in [0.15, 0.2) is 70.3 Å². The first-order valence-corrected chi connectivity index (χ1v) is 12.1. The molecule has 4 rings (SSSR count). The number of fused-ring (bicyclic) bond motifs is 1. The number of anilines is 2. The average Bonchev–Trinajstić information content (AvgIpc) is 3.44. The predicted molar refractivity (Wildman–Crippen MR) is 121 cm³/mol. The largest absolute Gasteiger partial charge is 0.325 e. The minimum absolute atomic E-state index is 0.0973. The number of hydrogen-bond acceptors (Lipinski definition) is 5. The molecule has 31 heavy (non-hydrogen) atoms. The Morgan fingerprint density at radius 2 is 1.77 bits per heavy atom. The van der Waals surface area contributed by atoms with Crippen LogP contribution in [0.25, 0.3) is 0 Å². The molecule has 1 aliphatic heterocycles. The summed E-state index contributed by atoms with van der Waals surface area (Å²) in [6.07, 6.45) is 0.829. The lowest BCUT2D eigenvalue weighted by Gasteiger charge is -2.18. The lowest BCUT2D eigenvalue weighted by atomic mass is 10.1. The molecule has 9 heteroatoms. The third kappa shape index (κ3) is 4.53. The molecule has 2 N–H and O–H groups in total. The molecule has 1 aromatic heterocycles. The van der Waals surface area contributed by atoms with Gasteiger partial charge in [-0.05, 0) is 60.7 Å². The molecule has 160 valence electrons. The van der Waals surface area contributed by atoms with Crippen LogP contribution in [0.5, 0.6) is 0 Å². The Hall–Kier alpha value is -3.01. The number of benzene rings is 2. The SMILES string of the molecule is CC(NS(=O)(=O)c1cccs1)C(=O)Nc1ccc(C(=O)N2CCc3ccccc32)cc1. The number of thiophene rings is 1. The molecule has 1 aliphatic rings. The van der Waals surface area contributed by atoms with Crippen LogP contribution in [0.2, 0.25) is 0 Å². The molecule has 0 aliphatic carbocycles. The summed E-state index contributed by atoms with van der Waals surface area (Å²) in [7, 11) is -3.75. The fourth-order valence-corrected chi connectivity index (χ4v) is 5.62. The van der Waals surface area contributed by atoms with Crippen LogP contribution in [0.3, 0.4) is 0 Å². The number of rotatable bonds is 6. The summed E-state index contributed by atoms with van der Waals surface area (Å²) in [6.45, 7) is 2.11. The van der Waals surface area contributed by atoms with E-state index in [0.29, 0.717) is 17.8 Å². The fraction of sp³-hybridized carbons (Fsp3) is 0.182. The van der Waals surface area contributed by atoms with E-state index in [4.69, 9.17) is 0 Å². The highest BCUT2D eigenvalue weighted by Gasteiger charge is 2.25. The van der Waals surface area contributed by atoms with E-state index in [1.54, 1.807) is 40.6 Å². The Bertz CT molecular complexity index is 1210. The number of nitrogens with one attached hydrogen (secondary N) is 2. The van der Waals surface area contributed by atoms with Gasteiger partial charge in [-0.1, -0.05) is 24.3 Å². The zero-order chi connectivity index (χ0) is 22.0. The van der Waals surface area contributed by atoms with E-state index >= 15 is 0 Å². The van der Waals surface area contributed by atoms with E-state index in [-0.39, 0.29) is 10.1 Å². The molecule has 3 aromatic rings. The van der Waals surface area contributed by atoms with Crippen molar-refractivity contribution in [2.24, 2.45) is 0 Å². The first-order valence-electron chi connectivity index (χ1n) is 9.72. The zero-order valence-electron chi connectivity index (χ0n) is 16.7. The summed E-state index contributed by atoms with van der Waals surface area (Å²) in [6, 6.07) is 16.6. The summed E-state index contributed by atoms with van der Waals surface area (Å²) >= 11 is 1.08. The molecule has 0 saturated heterocycles. The zero-order valence-corrected chi connectivity index (χ0v) is 18.4.